The predicted molar refractivity (Wildman–Crippen MR) is 49.4 cm³/mol. The molecule has 0 aliphatic heterocycles. The van der Waals surface area contributed by atoms with E-state index in [0.717, 1.165) is 0 Å². The molecule has 0 aliphatic carbocycles. The van der Waals surface area contributed by atoms with Crippen molar-refractivity contribution in [3.05, 3.63) is 0 Å². The number of carbonyl (C=O) groups excluding carboxylic acids is 1. The first-order valence-electron chi connectivity index (χ1n) is 3.79. The molecule has 0 radical (unpaired) electrons. The van der Waals surface area contributed by atoms with Crippen LogP contribution < -0.4 is 0 Å². The van der Waals surface area contributed by atoms with Gasteiger partial charge in [0.1, 0.15) is 6.29 Å². The number of aliphatic hydroxyl groups excluding tert-OH is 1. The molecule has 0 spiro atoms. The number of carbonyl (C=O) groups is 1. The molecule has 8 nitrogen and oxygen atoms in total. The number of hydrogen-bond acceptors (Lipinski definition) is 4. The van der Waals surface area contributed by atoms with Crippen LogP contribution in [0.2, 0.25) is 0 Å². The third kappa shape index (κ3) is 4.53. The predicted octanol–water partition coefficient (Wildman–Crippen LogP) is -1.34. The van der Waals surface area contributed by atoms with Gasteiger partial charge in [-0.3, -0.25) is 9.13 Å². The van der Waals surface area contributed by atoms with Crippen LogP contribution >= 0.6 is 15.2 Å². The Balaban J connectivity index is 5.13. The molecule has 0 saturated heterocycles. The minimum absolute atomic E-state index is 0.141. The first-order chi connectivity index (χ1) is 6.64. The molecule has 0 bridgehead atoms. The quantitative estimate of drug-likeness (QED) is 0.291. The molecule has 10 heteroatoms. The molecule has 5 N–H and O–H groups in total. The average molecular weight is 262 g/mol. The lowest BCUT2D eigenvalue weighted by atomic mass is 10.2. The van der Waals surface area contributed by atoms with Crippen LogP contribution in [-0.2, 0) is 13.9 Å². The van der Waals surface area contributed by atoms with Crippen molar-refractivity contribution in [2.45, 2.75) is 17.7 Å². The maximum atomic E-state index is 10.8. The number of aliphatic hydroxyl groups is 1. The molecular weight excluding hydrogens is 250 g/mol. The van der Waals surface area contributed by atoms with E-state index in [2.05, 4.69) is 0 Å². The summed E-state index contributed by atoms with van der Waals surface area (Å²) in [5, 5.41) is 8.67. The summed E-state index contributed by atoms with van der Waals surface area (Å²) in [5.74, 6) is 0. The third-order valence-electron chi connectivity index (χ3n) is 1.83. The molecule has 0 heterocycles. The highest BCUT2D eigenvalue weighted by molar-refractivity contribution is 7.57. The Morgan fingerprint density at radius 1 is 1.00 bits per heavy atom. The van der Waals surface area contributed by atoms with Crippen molar-refractivity contribution < 1.29 is 38.6 Å². The molecular formula is C5H12O8P2. The highest BCUT2D eigenvalue weighted by Gasteiger charge is 2.44. The summed E-state index contributed by atoms with van der Waals surface area (Å²) in [6.45, 7) is -1.10. The van der Waals surface area contributed by atoms with Crippen LogP contribution in [0.3, 0.4) is 0 Å². The van der Waals surface area contributed by atoms with Gasteiger partial charge in [0.25, 0.3) is 0 Å². The van der Waals surface area contributed by atoms with Crippen molar-refractivity contribution >= 4 is 21.5 Å². The highest BCUT2D eigenvalue weighted by atomic mass is 31.2. The molecule has 0 amide bonds. The van der Waals surface area contributed by atoms with E-state index in [-0.39, 0.29) is 6.29 Å². The Bertz CT molecular complexity index is 302. The van der Waals surface area contributed by atoms with Gasteiger partial charge in [-0.1, -0.05) is 0 Å². The molecule has 2 atom stereocenters. The second kappa shape index (κ2) is 5.32. The summed E-state index contributed by atoms with van der Waals surface area (Å²) in [5.41, 5.74) is -3.79. The Labute approximate surface area is 85.3 Å². The van der Waals surface area contributed by atoms with Gasteiger partial charge < -0.3 is 29.5 Å². The molecule has 0 aromatic carbocycles. The second-order valence-electron chi connectivity index (χ2n) is 2.90. The van der Waals surface area contributed by atoms with Gasteiger partial charge in [-0.05, 0) is 0 Å². The minimum Gasteiger partial charge on any atom is -0.395 e. The largest absolute Gasteiger partial charge is 0.395 e. The van der Waals surface area contributed by atoms with Crippen LogP contribution in [0.15, 0.2) is 0 Å². The van der Waals surface area contributed by atoms with Gasteiger partial charge in [0.15, 0.2) is 0 Å². The molecule has 15 heavy (non-hydrogen) atoms. The van der Waals surface area contributed by atoms with Gasteiger partial charge in [-0.2, -0.15) is 0 Å². The molecule has 0 fully saturated rings. The Morgan fingerprint density at radius 2 is 1.40 bits per heavy atom. The van der Waals surface area contributed by atoms with Crippen molar-refractivity contribution in [2.24, 2.45) is 0 Å². The van der Waals surface area contributed by atoms with E-state index < -0.39 is 39.5 Å². The van der Waals surface area contributed by atoms with Crippen molar-refractivity contribution in [1.29, 1.82) is 0 Å². The topological polar surface area (TPSA) is 152 Å². The monoisotopic (exact) mass is 262 g/mol. The smallest absolute Gasteiger partial charge is 0.331 e. The number of aldehydes is 1. The van der Waals surface area contributed by atoms with Crippen molar-refractivity contribution in [1.82, 2.24) is 0 Å². The normalized spacial score (nSPS) is 17.1. The van der Waals surface area contributed by atoms with Crippen LogP contribution in [0, 0.1) is 0 Å². The zero-order valence-electron chi connectivity index (χ0n) is 7.50. The van der Waals surface area contributed by atoms with E-state index in [1.54, 1.807) is 0 Å². The fourth-order valence-corrected chi connectivity index (χ4v) is 3.80. The maximum Gasteiger partial charge on any atom is 0.331 e. The summed E-state index contributed by atoms with van der Waals surface area (Å²) in [6.07, 6.45) is -0.581. The van der Waals surface area contributed by atoms with E-state index in [1.807, 2.05) is 0 Å². The zero-order valence-corrected chi connectivity index (χ0v) is 9.29. The van der Waals surface area contributed by atoms with E-state index in [9.17, 15) is 13.9 Å². The van der Waals surface area contributed by atoms with E-state index in [4.69, 9.17) is 24.7 Å². The number of hydrogen-bond donors (Lipinski definition) is 5. The van der Waals surface area contributed by atoms with E-state index in [0.29, 0.717) is 0 Å². The van der Waals surface area contributed by atoms with Crippen LogP contribution in [-0.4, -0.2) is 48.9 Å². The van der Waals surface area contributed by atoms with Gasteiger partial charge in [0.05, 0.1) is 17.9 Å². The van der Waals surface area contributed by atoms with Crippen LogP contribution in [0.25, 0.3) is 0 Å². The molecule has 0 aromatic heterocycles. The summed E-state index contributed by atoms with van der Waals surface area (Å²) in [6, 6.07) is 0. The molecule has 0 aliphatic rings. The van der Waals surface area contributed by atoms with Crippen LogP contribution in [0.4, 0.5) is 0 Å². The van der Waals surface area contributed by atoms with Crippen molar-refractivity contribution in [3.63, 3.8) is 0 Å². The van der Waals surface area contributed by atoms with Crippen LogP contribution in [0.5, 0.6) is 0 Å². The summed E-state index contributed by atoms with van der Waals surface area (Å²) in [4.78, 5) is 45.1. The van der Waals surface area contributed by atoms with Crippen molar-refractivity contribution in [2.75, 3.05) is 6.61 Å². The van der Waals surface area contributed by atoms with Crippen molar-refractivity contribution in [3.8, 4) is 0 Å². The SMILES string of the molecule is O=CC[C@@H]([C@@H](CO)P(=O)(O)O)P(=O)(O)O. The lowest BCUT2D eigenvalue weighted by Gasteiger charge is -2.25. The highest BCUT2D eigenvalue weighted by Crippen LogP contribution is 2.54. The van der Waals surface area contributed by atoms with Gasteiger partial charge in [0, 0.05) is 6.42 Å². The molecule has 0 rings (SSSR count). The Hall–Kier alpha value is -0.0700. The number of rotatable bonds is 6. The van der Waals surface area contributed by atoms with Gasteiger partial charge in [0.2, 0.25) is 0 Å². The maximum absolute atomic E-state index is 10.8. The standard InChI is InChI=1S/C5H12O8P2/c6-2-1-4(14(8,9)10)5(3-7)15(11,12)13/h2,4-5,7H,1,3H2,(H2,8,9,10)(H2,11,12,13)/t4-,5+/m0/s1. The lowest BCUT2D eigenvalue weighted by molar-refractivity contribution is -0.108. The fourth-order valence-electron chi connectivity index (χ4n) is 1.07. The molecule has 0 saturated carbocycles. The first kappa shape index (κ1) is 14.9. The first-order valence-corrected chi connectivity index (χ1v) is 7.15. The Morgan fingerprint density at radius 3 is 1.60 bits per heavy atom. The lowest BCUT2D eigenvalue weighted by Crippen LogP contribution is -2.30. The summed E-state index contributed by atoms with van der Waals surface area (Å²) >= 11 is 0. The molecule has 0 aromatic rings. The van der Waals surface area contributed by atoms with Gasteiger partial charge in [-0.15, -0.1) is 0 Å². The summed E-state index contributed by atoms with van der Waals surface area (Å²) < 4.78 is 21.7. The fraction of sp³-hybridized carbons (Fsp3) is 0.800. The molecule has 0 unspecified atom stereocenters. The van der Waals surface area contributed by atoms with E-state index in [1.165, 1.54) is 0 Å². The molecule has 90 valence electrons. The van der Waals surface area contributed by atoms with Crippen LogP contribution in [0.1, 0.15) is 6.42 Å². The summed E-state index contributed by atoms with van der Waals surface area (Å²) in [7, 11) is -9.70. The second-order valence-corrected chi connectivity index (χ2v) is 6.58. The average Bonchev–Trinajstić information content (AvgIpc) is 2.00. The minimum atomic E-state index is -4.86. The third-order valence-corrected chi connectivity index (χ3v) is 4.89. The zero-order chi connectivity index (χ0) is 12.3. The van der Waals surface area contributed by atoms with E-state index >= 15 is 0 Å². The van der Waals surface area contributed by atoms with Gasteiger partial charge in [-0.25, -0.2) is 0 Å². The van der Waals surface area contributed by atoms with Gasteiger partial charge >= 0.3 is 15.2 Å². The Kier molecular flexibility index (Phi) is 5.29.